The summed E-state index contributed by atoms with van der Waals surface area (Å²) in [6.45, 7) is 4.62. The third-order valence-corrected chi connectivity index (χ3v) is 1.56. The molecular formula is C9H18N2O3. The Morgan fingerprint density at radius 3 is 2.50 bits per heavy atom. The second-order valence-electron chi connectivity index (χ2n) is 3.38. The fourth-order valence-corrected chi connectivity index (χ4v) is 0.827. The maximum atomic E-state index is 11.1. The summed E-state index contributed by atoms with van der Waals surface area (Å²) in [5, 5.41) is 13.9. The predicted octanol–water partition coefficient (Wildman–Crippen LogP) is -0.0346. The monoisotopic (exact) mass is 202 g/mol. The number of rotatable bonds is 7. The van der Waals surface area contributed by atoms with E-state index in [1.807, 2.05) is 13.8 Å². The minimum Gasteiger partial charge on any atom is -0.481 e. The van der Waals surface area contributed by atoms with Crippen molar-refractivity contribution in [3.05, 3.63) is 0 Å². The molecule has 0 aliphatic heterocycles. The van der Waals surface area contributed by atoms with E-state index in [1.54, 1.807) is 0 Å². The van der Waals surface area contributed by atoms with Crippen molar-refractivity contribution in [2.75, 3.05) is 13.1 Å². The molecule has 14 heavy (non-hydrogen) atoms. The predicted molar refractivity (Wildman–Crippen MR) is 53.0 cm³/mol. The van der Waals surface area contributed by atoms with Gasteiger partial charge in [0.1, 0.15) is 0 Å². The third-order valence-electron chi connectivity index (χ3n) is 1.56. The summed E-state index contributed by atoms with van der Waals surface area (Å²) in [6.07, 6.45) is 0.570. The molecule has 0 heterocycles. The minimum absolute atomic E-state index is 0.0934. The Morgan fingerprint density at radius 2 is 2.00 bits per heavy atom. The summed E-state index contributed by atoms with van der Waals surface area (Å²) in [5.74, 6) is -0.927. The first-order chi connectivity index (χ1) is 6.52. The molecular weight excluding hydrogens is 184 g/mol. The molecule has 0 radical (unpaired) electrons. The highest BCUT2D eigenvalue weighted by atomic mass is 16.4. The first kappa shape index (κ1) is 12.9. The zero-order valence-electron chi connectivity index (χ0n) is 8.67. The number of nitrogens with one attached hydrogen (secondary N) is 2. The molecule has 0 spiro atoms. The Kier molecular flexibility index (Phi) is 6.74. The number of carbonyl (C=O) groups excluding carboxylic acids is 1. The summed E-state index contributed by atoms with van der Waals surface area (Å²) in [6, 6.07) is 0.278. The topological polar surface area (TPSA) is 78.4 Å². The van der Waals surface area contributed by atoms with Crippen LogP contribution in [0.4, 0.5) is 0 Å². The average Bonchev–Trinajstić information content (AvgIpc) is 2.08. The maximum Gasteiger partial charge on any atom is 0.303 e. The van der Waals surface area contributed by atoms with Crippen LogP contribution in [-0.4, -0.2) is 36.1 Å². The van der Waals surface area contributed by atoms with E-state index in [2.05, 4.69) is 10.6 Å². The molecule has 0 aromatic heterocycles. The SMILES string of the molecule is CC(C)NCC(=O)NCCCC(=O)O. The van der Waals surface area contributed by atoms with Crippen molar-refractivity contribution in [1.29, 1.82) is 0 Å². The van der Waals surface area contributed by atoms with E-state index < -0.39 is 5.97 Å². The molecule has 1 amide bonds. The molecule has 0 aromatic carbocycles. The molecule has 0 atom stereocenters. The van der Waals surface area contributed by atoms with Gasteiger partial charge in [-0.25, -0.2) is 0 Å². The van der Waals surface area contributed by atoms with Crippen LogP contribution in [0.25, 0.3) is 0 Å². The Balaban J connectivity index is 3.31. The van der Waals surface area contributed by atoms with Crippen LogP contribution >= 0.6 is 0 Å². The summed E-state index contributed by atoms with van der Waals surface area (Å²) in [5.41, 5.74) is 0. The number of hydrogen-bond donors (Lipinski definition) is 3. The van der Waals surface area contributed by atoms with Gasteiger partial charge in [-0.05, 0) is 6.42 Å². The molecule has 5 nitrogen and oxygen atoms in total. The van der Waals surface area contributed by atoms with Crippen LogP contribution in [0, 0.1) is 0 Å². The van der Waals surface area contributed by atoms with Crippen molar-refractivity contribution in [1.82, 2.24) is 10.6 Å². The summed E-state index contributed by atoms with van der Waals surface area (Å²) >= 11 is 0. The highest BCUT2D eigenvalue weighted by Gasteiger charge is 2.02. The highest BCUT2D eigenvalue weighted by Crippen LogP contribution is 1.85. The number of carbonyl (C=O) groups is 2. The van der Waals surface area contributed by atoms with Crippen molar-refractivity contribution in [2.24, 2.45) is 0 Å². The first-order valence-corrected chi connectivity index (χ1v) is 4.74. The maximum absolute atomic E-state index is 11.1. The summed E-state index contributed by atoms with van der Waals surface area (Å²) in [7, 11) is 0. The largest absolute Gasteiger partial charge is 0.481 e. The standard InChI is InChI=1S/C9H18N2O3/c1-7(2)11-6-8(12)10-5-3-4-9(13)14/h7,11H,3-6H2,1-2H3,(H,10,12)(H,13,14). The lowest BCUT2D eigenvalue weighted by atomic mass is 10.3. The van der Waals surface area contributed by atoms with Gasteiger partial charge in [0, 0.05) is 19.0 Å². The van der Waals surface area contributed by atoms with Crippen LogP contribution in [0.2, 0.25) is 0 Å². The molecule has 0 unspecified atom stereocenters. The second kappa shape index (κ2) is 7.32. The normalized spacial score (nSPS) is 10.2. The summed E-state index contributed by atoms with van der Waals surface area (Å²) in [4.78, 5) is 21.2. The number of amides is 1. The average molecular weight is 202 g/mol. The first-order valence-electron chi connectivity index (χ1n) is 4.74. The van der Waals surface area contributed by atoms with Crippen LogP contribution in [0.1, 0.15) is 26.7 Å². The molecule has 3 N–H and O–H groups in total. The second-order valence-corrected chi connectivity index (χ2v) is 3.38. The molecule has 5 heteroatoms. The van der Waals surface area contributed by atoms with Crippen LogP contribution < -0.4 is 10.6 Å². The van der Waals surface area contributed by atoms with Crippen molar-refractivity contribution in [2.45, 2.75) is 32.7 Å². The number of carboxylic acid groups (broad SMARTS) is 1. The lowest BCUT2D eigenvalue weighted by molar-refractivity contribution is -0.137. The van der Waals surface area contributed by atoms with Gasteiger partial charge in [-0.15, -0.1) is 0 Å². The molecule has 0 rings (SSSR count). The van der Waals surface area contributed by atoms with Gasteiger partial charge in [0.15, 0.2) is 0 Å². The smallest absolute Gasteiger partial charge is 0.303 e. The quantitative estimate of drug-likeness (QED) is 0.506. The van der Waals surface area contributed by atoms with Gasteiger partial charge >= 0.3 is 5.97 Å². The molecule has 0 aliphatic rings. The molecule has 82 valence electrons. The van der Waals surface area contributed by atoms with Gasteiger partial charge in [-0.3, -0.25) is 9.59 Å². The number of carboxylic acids is 1. The van der Waals surface area contributed by atoms with Crippen molar-refractivity contribution in [3.8, 4) is 0 Å². The van der Waals surface area contributed by atoms with E-state index in [0.717, 1.165) is 0 Å². The number of aliphatic carboxylic acids is 1. The zero-order chi connectivity index (χ0) is 11.0. The Labute approximate surface area is 83.9 Å². The van der Waals surface area contributed by atoms with E-state index in [-0.39, 0.29) is 24.9 Å². The molecule has 0 saturated carbocycles. The van der Waals surface area contributed by atoms with Gasteiger partial charge in [0.05, 0.1) is 6.54 Å². The van der Waals surface area contributed by atoms with E-state index in [4.69, 9.17) is 5.11 Å². The van der Waals surface area contributed by atoms with E-state index >= 15 is 0 Å². The van der Waals surface area contributed by atoms with Gasteiger partial charge in [-0.1, -0.05) is 13.8 Å². The van der Waals surface area contributed by atoms with Gasteiger partial charge < -0.3 is 15.7 Å². The fraction of sp³-hybridized carbons (Fsp3) is 0.778. The van der Waals surface area contributed by atoms with Gasteiger partial charge in [0.25, 0.3) is 0 Å². The number of hydrogen-bond acceptors (Lipinski definition) is 3. The Hall–Kier alpha value is -1.10. The summed E-state index contributed by atoms with van der Waals surface area (Å²) < 4.78 is 0. The Morgan fingerprint density at radius 1 is 1.36 bits per heavy atom. The van der Waals surface area contributed by atoms with Gasteiger partial charge in [-0.2, -0.15) is 0 Å². The van der Waals surface area contributed by atoms with Crippen LogP contribution in [-0.2, 0) is 9.59 Å². The van der Waals surface area contributed by atoms with Crippen molar-refractivity contribution >= 4 is 11.9 Å². The molecule has 0 aliphatic carbocycles. The van der Waals surface area contributed by atoms with E-state index in [1.165, 1.54) is 0 Å². The Bertz CT molecular complexity index is 192. The molecule has 0 saturated heterocycles. The lowest BCUT2D eigenvalue weighted by Gasteiger charge is -2.08. The molecule has 0 aromatic rings. The minimum atomic E-state index is -0.834. The van der Waals surface area contributed by atoms with Crippen molar-refractivity contribution in [3.63, 3.8) is 0 Å². The fourth-order valence-electron chi connectivity index (χ4n) is 0.827. The molecule has 0 fully saturated rings. The van der Waals surface area contributed by atoms with Crippen LogP contribution in [0.15, 0.2) is 0 Å². The highest BCUT2D eigenvalue weighted by molar-refractivity contribution is 5.78. The van der Waals surface area contributed by atoms with Crippen LogP contribution in [0.3, 0.4) is 0 Å². The lowest BCUT2D eigenvalue weighted by Crippen LogP contribution is -2.37. The zero-order valence-corrected chi connectivity index (χ0v) is 8.67. The van der Waals surface area contributed by atoms with Gasteiger partial charge in [0.2, 0.25) is 5.91 Å². The van der Waals surface area contributed by atoms with Crippen LogP contribution in [0.5, 0.6) is 0 Å². The van der Waals surface area contributed by atoms with Crippen molar-refractivity contribution < 1.29 is 14.7 Å². The molecule has 0 bridgehead atoms. The third kappa shape index (κ3) is 8.99. The van der Waals surface area contributed by atoms with E-state index in [9.17, 15) is 9.59 Å². The van der Waals surface area contributed by atoms with E-state index in [0.29, 0.717) is 13.0 Å².